The third kappa shape index (κ3) is 4.61. The molecule has 120 valence electrons. The van der Waals surface area contributed by atoms with Crippen molar-refractivity contribution in [2.75, 3.05) is 21.2 Å². The van der Waals surface area contributed by atoms with Crippen molar-refractivity contribution in [3.63, 3.8) is 0 Å². The molecule has 0 fully saturated rings. The van der Waals surface area contributed by atoms with Gasteiger partial charge in [-0.25, -0.2) is 0 Å². The van der Waals surface area contributed by atoms with Crippen molar-refractivity contribution >= 4 is 5.78 Å². The zero-order valence-corrected chi connectivity index (χ0v) is 13.9. The standard InChI is InChI=1S/C19H21NO3/c1-14-5-7-15(8-6-14)23-19-13-16(22-4)9-10-17(19)18(21)11-12-20(2)3/h5-13H,1-4H3/b12-11+. The topological polar surface area (TPSA) is 38.8 Å². The summed E-state index contributed by atoms with van der Waals surface area (Å²) < 4.78 is 11.1. The minimum Gasteiger partial charge on any atom is -0.497 e. The molecule has 4 heteroatoms. The zero-order valence-electron chi connectivity index (χ0n) is 13.9. The number of hydrogen-bond donors (Lipinski definition) is 0. The van der Waals surface area contributed by atoms with Crippen LogP contribution in [-0.2, 0) is 0 Å². The molecule has 2 rings (SSSR count). The van der Waals surface area contributed by atoms with Crippen LogP contribution in [0.25, 0.3) is 0 Å². The summed E-state index contributed by atoms with van der Waals surface area (Å²) in [6.07, 6.45) is 3.23. The van der Waals surface area contributed by atoms with Crippen LogP contribution in [0, 0.1) is 6.92 Å². The Hall–Kier alpha value is -2.75. The summed E-state index contributed by atoms with van der Waals surface area (Å²) in [6.45, 7) is 2.01. The molecular weight excluding hydrogens is 290 g/mol. The number of benzene rings is 2. The van der Waals surface area contributed by atoms with E-state index in [0.717, 1.165) is 5.56 Å². The number of aryl methyl sites for hydroxylation is 1. The summed E-state index contributed by atoms with van der Waals surface area (Å²) in [7, 11) is 5.31. The van der Waals surface area contributed by atoms with Crippen LogP contribution in [0.2, 0.25) is 0 Å². The molecule has 0 amide bonds. The van der Waals surface area contributed by atoms with Gasteiger partial charge in [-0.05, 0) is 31.2 Å². The highest BCUT2D eigenvalue weighted by Gasteiger charge is 2.13. The Morgan fingerprint density at radius 3 is 2.30 bits per heavy atom. The molecule has 0 N–H and O–H groups in total. The van der Waals surface area contributed by atoms with E-state index in [-0.39, 0.29) is 5.78 Å². The zero-order chi connectivity index (χ0) is 16.8. The Morgan fingerprint density at radius 2 is 1.70 bits per heavy atom. The molecule has 0 aliphatic carbocycles. The lowest BCUT2D eigenvalue weighted by Gasteiger charge is -2.12. The van der Waals surface area contributed by atoms with Gasteiger partial charge in [0.15, 0.2) is 5.78 Å². The van der Waals surface area contributed by atoms with Gasteiger partial charge in [0.1, 0.15) is 17.2 Å². The number of carbonyl (C=O) groups is 1. The highest BCUT2D eigenvalue weighted by molar-refractivity contribution is 6.06. The molecule has 2 aromatic carbocycles. The molecule has 0 radical (unpaired) electrons. The van der Waals surface area contributed by atoms with Gasteiger partial charge >= 0.3 is 0 Å². The lowest BCUT2D eigenvalue weighted by molar-refractivity contribution is 0.104. The van der Waals surface area contributed by atoms with Gasteiger partial charge in [0, 0.05) is 32.4 Å². The van der Waals surface area contributed by atoms with E-state index in [1.807, 2.05) is 50.2 Å². The van der Waals surface area contributed by atoms with E-state index >= 15 is 0 Å². The van der Waals surface area contributed by atoms with Crippen molar-refractivity contribution in [1.82, 2.24) is 4.90 Å². The Kier molecular flexibility index (Phi) is 5.41. The molecule has 23 heavy (non-hydrogen) atoms. The summed E-state index contributed by atoms with van der Waals surface area (Å²) >= 11 is 0. The van der Waals surface area contributed by atoms with Crippen molar-refractivity contribution in [3.05, 3.63) is 65.9 Å². The third-order valence-corrected chi connectivity index (χ3v) is 3.23. The summed E-state index contributed by atoms with van der Waals surface area (Å²) in [4.78, 5) is 14.2. The van der Waals surface area contributed by atoms with Gasteiger partial charge in [0.05, 0.1) is 12.7 Å². The maximum atomic E-state index is 12.4. The quantitative estimate of drug-likeness (QED) is 0.596. The van der Waals surface area contributed by atoms with Crippen LogP contribution in [0.1, 0.15) is 15.9 Å². The predicted octanol–water partition coefficient (Wildman–Crippen LogP) is 4.05. The first-order valence-corrected chi connectivity index (χ1v) is 7.31. The highest BCUT2D eigenvalue weighted by atomic mass is 16.5. The Labute approximate surface area is 137 Å². The number of methoxy groups -OCH3 is 1. The van der Waals surface area contributed by atoms with Gasteiger partial charge in [-0.15, -0.1) is 0 Å². The first kappa shape index (κ1) is 16.6. The SMILES string of the molecule is COc1ccc(C(=O)/C=C/N(C)C)c(Oc2ccc(C)cc2)c1. The molecule has 0 saturated carbocycles. The second-order valence-electron chi connectivity index (χ2n) is 5.42. The van der Waals surface area contributed by atoms with Gasteiger partial charge in [-0.3, -0.25) is 4.79 Å². The number of hydrogen-bond acceptors (Lipinski definition) is 4. The van der Waals surface area contributed by atoms with Crippen molar-refractivity contribution in [2.24, 2.45) is 0 Å². The lowest BCUT2D eigenvalue weighted by Crippen LogP contribution is -2.04. The average molecular weight is 311 g/mol. The maximum Gasteiger partial charge on any atom is 0.191 e. The van der Waals surface area contributed by atoms with Crippen molar-refractivity contribution in [2.45, 2.75) is 6.92 Å². The van der Waals surface area contributed by atoms with E-state index in [9.17, 15) is 4.79 Å². The smallest absolute Gasteiger partial charge is 0.191 e. The van der Waals surface area contributed by atoms with E-state index in [1.165, 1.54) is 6.08 Å². The predicted molar refractivity (Wildman–Crippen MR) is 91.4 cm³/mol. The lowest BCUT2D eigenvalue weighted by atomic mass is 10.1. The van der Waals surface area contributed by atoms with E-state index < -0.39 is 0 Å². The molecule has 0 bridgehead atoms. The molecule has 4 nitrogen and oxygen atoms in total. The number of carbonyl (C=O) groups excluding carboxylic acids is 1. The molecule has 0 aliphatic rings. The van der Waals surface area contributed by atoms with Gasteiger partial charge in [-0.2, -0.15) is 0 Å². The Balaban J connectivity index is 2.34. The summed E-state index contributed by atoms with van der Waals surface area (Å²) in [5.74, 6) is 1.67. The van der Waals surface area contributed by atoms with Crippen LogP contribution >= 0.6 is 0 Å². The molecule has 0 heterocycles. The van der Waals surface area contributed by atoms with Crippen LogP contribution in [0.4, 0.5) is 0 Å². The van der Waals surface area contributed by atoms with Crippen LogP contribution in [-0.4, -0.2) is 31.9 Å². The van der Waals surface area contributed by atoms with Crippen LogP contribution < -0.4 is 9.47 Å². The Morgan fingerprint density at radius 1 is 1.04 bits per heavy atom. The molecule has 0 aliphatic heterocycles. The highest BCUT2D eigenvalue weighted by Crippen LogP contribution is 2.30. The number of rotatable bonds is 6. The van der Waals surface area contributed by atoms with Crippen molar-refractivity contribution in [1.29, 1.82) is 0 Å². The fraction of sp³-hybridized carbons (Fsp3) is 0.211. The van der Waals surface area contributed by atoms with Gasteiger partial charge in [0.25, 0.3) is 0 Å². The van der Waals surface area contributed by atoms with Crippen LogP contribution in [0.15, 0.2) is 54.7 Å². The van der Waals surface area contributed by atoms with E-state index in [1.54, 1.807) is 31.5 Å². The molecule has 2 aromatic rings. The molecule has 0 saturated heterocycles. The normalized spacial score (nSPS) is 10.6. The first-order valence-electron chi connectivity index (χ1n) is 7.31. The van der Waals surface area contributed by atoms with E-state index in [2.05, 4.69) is 0 Å². The largest absolute Gasteiger partial charge is 0.497 e. The maximum absolute atomic E-state index is 12.4. The average Bonchev–Trinajstić information content (AvgIpc) is 2.54. The number of ketones is 1. The van der Waals surface area contributed by atoms with Crippen LogP contribution in [0.5, 0.6) is 17.2 Å². The second-order valence-corrected chi connectivity index (χ2v) is 5.42. The van der Waals surface area contributed by atoms with E-state index in [4.69, 9.17) is 9.47 Å². The number of allylic oxidation sites excluding steroid dienone is 1. The fourth-order valence-corrected chi connectivity index (χ4v) is 1.96. The summed E-state index contributed by atoms with van der Waals surface area (Å²) in [5.41, 5.74) is 1.64. The minimum atomic E-state index is -0.122. The molecule has 0 aromatic heterocycles. The number of nitrogens with zero attached hydrogens (tertiary/aromatic N) is 1. The molecular formula is C19H21NO3. The molecule has 0 unspecified atom stereocenters. The van der Waals surface area contributed by atoms with Crippen molar-refractivity contribution < 1.29 is 14.3 Å². The number of ether oxygens (including phenoxy) is 2. The molecule has 0 atom stereocenters. The van der Waals surface area contributed by atoms with Gasteiger partial charge < -0.3 is 14.4 Å². The molecule has 0 spiro atoms. The Bertz CT molecular complexity index is 703. The van der Waals surface area contributed by atoms with Gasteiger partial charge in [0.2, 0.25) is 0 Å². The summed E-state index contributed by atoms with van der Waals surface area (Å²) in [5, 5.41) is 0. The third-order valence-electron chi connectivity index (χ3n) is 3.23. The van der Waals surface area contributed by atoms with Crippen molar-refractivity contribution in [3.8, 4) is 17.2 Å². The van der Waals surface area contributed by atoms with E-state index in [0.29, 0.717) is 22.8 Å². The minimum absolute atomic E-state index is 0.122. The summed E-state index contributed by atoms with van der Waals surface area (Å²) in [6, 6.07) is 12.9. The fourth-order valence-electron chi connectivity index (χ4n) is 1.96. The van der Waals surface area contributed by atoms with Gasteiger partial charge in [-0.1, -0.05) is 17.7 Å². The van der Waals surface area contributed by atoms with Crippen LogP contribution in [0.3, 0.4) is 0 Å². The first-order chi connectivity index (χ1) is 11.0. The monoisotopic (exact) mass is 311 g/mol. The second kappa shape index (κ2) is 7.49.